The number of hydrogen-bond donors (Lipinski definition) is 0. The Morgan fingerprint density at radius 2 is 1.60 bits per heavy atom. The zero-order valence-corrected chi connectivity index (χ0v) is 14.1. The lowest BCUT2D eigenvalue weighted by atomic mass is 10.2. The fraction of sp³-hybridized carbons (Fsp3) is 0.353. The molecule has 1 aromatic carbocycles. The summed E-state index contributed by atoms with van der Waals surface area (Å²) < 4.78 is 16.2. The van der Waals surface area contributed by atoms with Gasteiger partial charge in [-0.05, 0) is 12.1 Å². The first-order valence-electron chi connectivity index (χ1n) is 7.90. The van der Waals surface area contributed by atoms with Crippen LogP contribution in [0.3, 0.4) is 0 Å². The van der Waals surface area contributed by atoms with E-state index in [1.807, 2.05) is 15.9 Å². The molecule has 2 aromatic rings. The number of nitrogens with zero attached hydrogens (tertiary/aromatic N) is 5. The van der Waals surface area contributed by atoms with Gasteiger partial charge >= 0.3 is 5.69 Å². The van der Waals surface area contributed by atoms with Crippen molar-refractivity contribution in [3.63, 3.8) is 0 Å². The first kappa shape index (κ1) is 16.8. The zero-order chi connectivity index (χ0) is 18.1. The second kappa shape index (κ2) is 6.43. The van der Waals surface area contributed by atoms with E-state index in [9.17, 15) is 19.2 Å². The largest absolute Gasteiger partial charge is 0.366 e. The summed E-state index contributed by atoms with van der Waals surface area (Å²) in [7, 11) is 2.90. The molecule has 0 unspecified atom stereocenters. The molecule has 25 heavy (non-hydrogen) atoms. The first-order valence-corrected chi connectivity index (χ1v) is 7.90. The van der Waals surface area contributed by atoms with Gasteiger partial charge in [0.2, 0.25) is 0 Å². The standard InChI is InChI=1S/C17H18FN5O2/c1-20-15(12(11-19)16(24)21(2)17(20)25)23-9-7-22(8-10-23)14-6-4-3-5-13(14)18/h3-6H,7-10H2,1-2H3. The SMILES string of the molecule is Cn1c(N2CCN(c3ccccc3F)CC2)c(C#N)c(=O)n(C)c1=O. The van der Waals surface area contributed by atoms with Crippen LogP contribution in [0.2, 0.25) is 0 Å². The van der Waals surface area contributed by atoms with Gasteiger partial charge in [0.25, 0.3) is 5.56 Å². The van der Waals surface area contributed by atoms with Gasteiger partial charge in [0.15, 0.2) is 5.56 Å². The summed E-state index contributed by atoms with van der Waals surface area (Å²) in [6, 6.07) is 8.48. The molecule has 2 heterocycles. The number of aromatic nitrogens is 2. The Morgan fingerprint density at radius 1 is 1.00 bits per heavy atom. The minimum absolute atomic E-state index is 0.0519. The van der Waals surface area contributed by atoms with Gasteiger partial charge in [-0.15, -0.1) is 0 Å². The Morgan fingerprint density at radius 3 is 2.20 bits per heavy atom. The third-order valence-corrected chi connectivity index (χ3v) is 4.52. The summed E-state index contributed by atoms with van der Waals surface area (Å²) in [5.41, 5.74) is -0.600. The molecule has 0 N–H and O–H groups in total. The van der Waals surface area contributed by atoms with Crippen molar-refractivity contribution in [2.24, 2.45) is 14.1 Å². The van der Waals surface area contributed by atoms with E-state index >= 15 is 0 Å². The molecule has 0 saturated carbocycles. The van der Waals surface area contributed by atoms with Crippen molar-refractivity contribution in [2.45, 2.75) is 0 Å². The van der Waals surface area contributed by atoms with Crippen LogP contribution in [-0.4, -0.2) is 35.3 Å². The Balaban J connectivity index is 1.92. The van der Waals surface area contributed by atoms with Crippen LogP contribution in [0.1, 0.15) is 5.56 Å². The number of para-hydroxylation sites is 1. The van der Waals surface area contributed by atoms with Crippen LogP contribution in [0, 0.1) is 17.1 Å². The van der Waals surface area contributed by atoms with E-state index in [0.29, 0.717) is 37.7 Å². The summed E-state index contributed by atoms with van der Waals surface area (Å²) in [6.45, 7) is 2.00. The van der Waals surface area contributed by atoms with Gasteiger partial charge < -0.3 is 9.80 Å². The van der Waals surface area contributed by atoms with Gasteiger partial charge in [-0.2, -0.15) is 5.26 Å². The van der Waals surface area contributed by atoms with E-state index in [1.165, 1.54) is 17.7 Å². The molecule has 1 saturated heterocycles. The minimum atomic E-state index is -0.600. The second-order valence-electron chi connectivity index (χ2n) is 5.94. The van der Waals surface area contributed by atoms with Crippen molar-refractivity contribution in [2.75, 3.05) is 36.0 Å². The summed E-state index contributed by atoms with van der Waals surface area (Å²) in [6.07, 6.45) is 0. The smallest absolute Gasteiger partial charge is 0.332 e. The van der Waals surface area contributed by atoms with E-state index in [2.05, 4.69) is 0 Å². The van der Waals surface area contributed by atoms with Gasteiger partial charge in [-0.1, -0.05) is 12.1 Å². The Bertz CT molecular complexity index is 964. The molecule has 7 nitrogen and oxygen atoms in total. The van der Waals surface area contributed by atoms with Crippen LogP contribution in [0.4, 0.5) is 15.9 Å². The lowest BCUT2D eigenvalue weighted by Crippen LogP contribution is -2.50. The van der Waals surface area contributed by atoms with Crippen LogP contribution in [-0.2, 0) is 14.1 Å². The van der Waals surface area contributed by atoms with E-state index in [1.54, 1.807) is 25.2 Å². The predicted octanol–water partition coefficient (Wildman–Crippen LogP) is 0.421. The van der Waals surface area contributed by atoms with Gasteiger partial charge in [0, 0.05) is 40.3 Å². The van der Waals surface area contributed by atoms with Crippen molar-refractivity contribution in [3.8, 4) is 6.07 Å². The maximum absolute atomic E-state index is 13.9. The molecule has 130 valence electrons. The number of hydrogen-bond acceptors (Lipinski definition) is 5. The van der Waals surface area contributed by atoms with E-state index < -0.39 is 11.2 Å². The van der Waals surface area contributed by atoms with Crippen molar-refractivity contribution in [1.29, 1.82) is 5.26 Å². The Labute approximate surface area is 143 Å². The van der Waals surface area contributed by atoms with Crippen molar-refractivity contribution in [1.82, 2.24) is 9.13 Å². The minimum Gasteiger partial charge on any atom is -0.366 e. The molecule has 0 atom stereocenters. The average Bonchev–Trinajstić information content (AvgIpc) is 2.63. The summed E-state index contributed by atoms with van der Waals surface area (Å²) in [5.74, 6) is 0.0402. The molecule has 1 aliphatic heterocycles. The highest BCUT2D eigenvalue weighted by molar-refractivity contribution is 5.56. The lowest BCUT2D eigenvalue weighted by molar-refractivity contribution is 0.584. The predicted molar refractivity (Wildman–Crippen MR) is 92.5 cm³/mol. The monoisotopic (exact) mass is 343 g/mol. The molecule has 1 fully saturated rings. The van der Waals surface area contributed by atoms with Crippen molar-refractivity contribution >= 4 is 11.5 Å². The summed E-state index contributed by atoms with van der Waals surface area (Å²) in [4.78, 5) is 28.1. The first-order chi connectivity index (χ1) is 12.0. The van der Waals surface area contributed by atoms with Crippen molar-refractivity contribution < 1.29 is 4.39 Å². The van der Waals surface area contributed by atoms with Crippen molar-refractivity contribution in [3.05, 3.63) is 56.5 Å². The number of anilines is 2. The lowest BCUT2D eigenvalue weighted by Gasteiger charge is -2.38. The Kier molecular flexibility index (Phi) is 4.31. The number of halogens is 1. The van der Waals surface area contributed by atoms with Crippen LogP contribution >= 0.6 is 0 Å². The van der Waals surface area contributed by atoms with Gasteiger partial charge in [0.05, 0.1) is 5.69 Å². The summed E-state index contributed by atoms with van der Waals surface area (Å²) >= 11 is 0. The second-order valence-corrected chi connectivity index (χ2v) is 5.94. The number of rotatable bonds is 2. The highest BCUT2D eigenvalue weighted by Gasteiger charge is 2.25. The molecular formula is C17H18FN5O2. The third-order valence-electron chi connectivity index (χ3n) is 4.52. The quantitative estimate of drug-likeness (QED) is 0.790. The van der Waals surface area contributed by atoms with E-state index in [4.69, 9.17) is 0 Å². The number of benzene rings is 1. The van der Waals surface area contributed by atoms with Crippen LogP contribution in [0.25, 0.3) is 0 Å². The molecule has 1 aromatic heterocycles. The maximum atomic E-state index is 13.9. The highest BCUT2D eigenvalue weighted by atomic mass is 19.1. The Hall–Kier alpha value is -3.08. The van der Waals surface area contributed by atoms with Gasteiger partial charge in [-0.25, -0.2) is 9.18 Å². The zero-order valence-electron chi connectivity index (χ0n) is 14.1. The van der Waals surface area contributed by atoms with Gasteiger partial charge in [-0.3, -0.25) is 13.9 Å². The number of piperazine rings is 1. The van der Waals surface area contributed by atoms with E-state index in [-0.39, 0.29) is 11.4 Å². The molecule has 0 amide bonds. The normalized spacial score (nSPS) is 14.5. The average molecular weight is 343 g/mol. The van der Waals surface area contributed by atoms with Crippen LogP contribution in [0.15, 0.2) is 33.9 Å². The van der Waals surface area contributed by atoms with Gasteiger partial charge in [0.1, 0.15) is 17.7 Å². The third kappa shape index (κ3) is 2.78. The molecule has 8 heteroatoms. The summed E-state index contributed by atoms with van der Waals surface area (Å²) in [5, 5.41) is 9.37. The molecule has 3 rings (SSSR count). The maximum Gasteiger partial charge on any atom is 0.332 e. The molecule has 0 aliphatic carbocycles. The molecule has 1 aliphatic rings. The van der Waals surface area contributed by atoms with Crippen LogP contribution in [0.5, 0.6) is 0 Å². The number of nitriles is 1. The molecule has 0 bridgehead atoms. The molecule has 0 spiro atoms. The molecule has 0 radical (unpaired) electrons. The molecular weight excluding hydrogens is 325 g/mol. The van der Waals surface area contributed by atoms with E-state index in [0.717, 1.165) is 4.57 Å². The fourth-order valence-corrected chi connectivity index (χ4v) is 3.17. The van der Waals surface area contributed by atoms with Crippen LogP contribution < -0.4 is 21.0 Å². The topological polar surface area (TPSA) is 74.3 Å². The fourth-order valence-electron chi connectivity index (χ4n) is 3.17. The highest BCUT2D eigenvalue weighted by Crippen LogP contribution is 2.23.